The average Bonchev–Trinajstić information content (AvgIpc) is 2.58. The van der Waals surface area contributed by atoms with Gasteiger partial charge in [-0.25, -0.2) is 0 Å². The Balaban J connectivity index is 1.94. The normalized spacial score (nSPS) is 18.4. The van der Waals surface area contributed by atoms with Gasteiger partial charge in [-0.3, -0.25) is 4.79 Å². The smallest absolute Gasteiger partial charge is 0.253 e. The summed E-state index contributed by atoms with van der Waals surface area (Å²) in [6, 6.07) is 8.32. The van der Waals surface area contributed by atoms with Gasteiger partial charge in [-0.05, 0) is 43.4 Å². The van der Waals surface area contributed by atoms with Crippen molar-refractivity contribution in [3.8, 4) is 0 Å². The number of hydrogen-bond donors (Lipinski definition) is 1. The Kier molecular flexibility index (Phi) is 3.38. The van der Waals surface area contributed by atoms with Gasteiger partial charge in [0, 0.05) is 30.9 Å². The van der Waals surface area contributed by atoms with Gasteiger partial charge in [-0.2, -0.15) is 0 Å². The van der Waals surface area contributed by atoms with Gasteiger partial charge in [0.1, 0.15) is 0 Å². The van der Waals surface area contributed by atoms with Crippen LogP contribution in [-0.4, -0.2) is 25.5 Å². The second kappa shape index (κ2) is 5.17. The molecule has 3 heteroatoms. The highest BCUT2D eigenvalue weighted by Crippen LogP contribution is 2.28. The third-order valence-corrected chi connectivity index (χ3v) is 4.13. The first-order valence-corrected chi connectivity index (χ1v) is 7.06. The lowest BCUT2D eigenvalue weighted by molar-refractivity contribution is -0.115. The summed E-state index contributed by atoms with van der Waals surface area (Å²) in [5, 5.41) is 3.20. The lowest BCUT2D eigenvalue weighted by Gasteiger charge is -2.27. The van der Waals surface area contributed by atoms with Gasteiger partial charge >= 0.3 is 0 Å². The monoisotopic (exact) mass is 256 g/mol. The number of carbonyl (C=O) groups excluding carboxylic acids is 1. The van der Waals surface area contributed by atoms with Gasteiger partial charge in [0.25, 0.3) is 5.91 Å². The van der Waals surface area contributed by atoms with Crippen LogP contribution < -0.4 is 10.2 Å². The summed E-state index contributed by atoms with van der Waals surface area (Å²) in [6.45, 7) is 4.54. The number of amides is 1. The fourth-order valence-electron chi connectivity index (χ4n) is 2.77. The Morgan fingerprint density at radius 1 is 1.21 bits per heavy atom. The van der Waals surface area contributed by atoms with Crippen LogP contribution in [0.15, 0.2) is 35.4 Å². The Bertz CT molecular complexity index is 527. The summed E-state index contributed by atoms with van der Waals surface area (Å²) in [7, 11) is 0. The van der Waals surface area contributed by atoms with Crippen molar-refractivity contribution in [3.05, 3.63) is 41.0 Å². The predicted octanol–water partition coefficient (Wildman–Crippen LogP) is 2.28. The number of para-hydroxylation sites is 1. The number of nitrogens with one attached hydrogen (secondary N) is 1. The zero-order valence-electron chi connectivity index (χ0n) is 11.4. The van der Waals surface area contributed by atoms with E-state index in [2.05, 4.69) is 23.5 Å². The third kappa shape index (κ3) is 2.30. The summed E-state index contributed by atoms with van der Waals surface area (Å²) >= 11 is 0. The number of nitrogens with zero attached hydrogens (tertiary/aromatic N) is 1. The number of aryl methyl sites for hydroxylation is 1. The van der Waals surface area contributed by atoms with Crippen LogP contribution in [0.3, 0.4) is 0 Å². The van der Waals surface area contributed by atoms with E-state index in [9.17, 15) is 4.79 Å². The zero-order valence-corrected chi connectivity index (χ0v) is 11.4. The van der Waals surface area contributed by atoms with Crippen LogP contribution in [0.2, 0.25) is 0 Å². The highest BCUT2D eigenvalue weighted by Gasteiger charge is 2.24. The maximum absolute atomic E-state index is 12.7. The van der Waals surface area contributed by atoms with E-state index in [1.54, 1.807) is 0 Å². The highest BCUT2D eigenvalue weighted by atomic mass is 16.2. The van der Waals surface area contributed by atoms with Crippen molar-refractivity contribution >= 4 is 11.6 Å². The number of anilines is 1. The molecule has 1 N–H and O–H groups in total. The molecule has 19 heavy (non-hydrogen) atoms. The van der Waals surface area contributed by atoms with Gasteiger partial charge in [0.2, 0.25) is 0 Å². The van der Waals surface area contributed by atoms with Crippen molar-refractivity contribution in [3.63, 3.8) is 0 Å². The van der Waals surface area contributed by atoms with Crippen molar-refractivity contribution in [2.24, 2.45) is 0 Å². The molecule has 0 aliphatic carbocycles. The van der Waals surface area contributed by atoms with E-state index in [0.717, 1.165) is 50.2 Å². The fourth-order valence-corrected chi connectivity index (χ4v) is 2.77. The molecular weight excluding hydrogens is 236 g/mol. The molecule has 2 aliphatic rings. The second-order valence-electron chi connectivity index (χ2n) is 5.37. The molecule has 0 unspecified atom stereocenters. The third-order valence-electron chi connectivity index (χ3n) is 4.13. The number of carbonyl (C=O) groups is 1. The summed E-state index contributed by atoms with van der Waals surface area (Å²) < 4.78 is 0. The second-order valence-corrected chi connectivity index (χ2v) is 5.37. The van der Waals surface area contributed by atoms with E-state index in [1.807, 2.05) is 17.9 Å². The molecule has 1 aromatic carbocycles. The molecule has 3 rings (SSSR count). The quantitative estimate of drug-likeness (QED) is 0.782. The number of rotatable bonds is 1. The van der Waals surface area contributed by atoms with Crippen LogP contribution in [0, 0.1) is 0 Å². The molecule has 2 heterocycles. The van der Waals surface area contributed by atoms with E-state index in [1.165, 1.54) is 11.1 Å². The van der Waals surface area contributed by atoms with Crippen LogP contribution >= 0.6 is 0 Å². The van der Waals surface area contributed by atoms with Crippen molar-refractivity contribution in [1.29, 1.82) is 0 Å². The average molecular weight is 256 g/mol. The summed E-state index contributed by atoms with van der Waals surface area (Å²) in [5.41, 5.74) is 4.59. The standard InChI is InChI=1S/C16H20N2O/c1-12(14-10-17-11-14)16(19)18-9-5-4-7-13-6-2-3-8-15(13)18/h2-3,6,8,17H,4-5,7,9-11H2,1H3. The molecule has 0 saturated carbocycles. The molecule has 0 atom stereocenters. The lowest BCUT2D eigenvalue weighted by Crippen LogP contribution is -2.39. The molecule has 0 bridgehead atoms. The topological polar surface area (TPSA) is 32.3 Å². The first-order valence-electron chi connectivity index (χ1n) is 7.06. The fraction of sp³-hybridized carbons (Fsp3) is 0.438. The Morgan fingerprint density at radius 2 is 2.00 bits per heavy atom. The van der Waals surface area contributed by atoms with Gasteiger partial charge in [-0.15, -0.1) is 0 Å². The SMILES string of the molecule is CC(C(=O)N1CCCCc2ccccc21)=C1CNC1. The van der Waals surface area contributed by atoms with Crippen LogP contribution in [-0.2, 0) is 11.2 Å². The Labute approximate surface area is 114 Å². The molecule has 0 radical (unpaired) electrons. The maximum Gasteiger partial charge on any atom is 0.253 e. The minimum absolute atomic E-state index is 0.186. The maximum atomic E-state index is 12.7. The minimum Gasteiger partial charge on any atom is -0.309 e. The summed E-state index contributed by atoms with van der Waals surface area (Å²) in [4.78, 5) is 14.7. The molecule has 1 fully saturated rings. The van der Waals surface area contributed by atoms with Crippen LogP contribution in [0.4, 0.5) is 5.69 Å². The summed E-state index contributed by atoms with van der Waals surface area (Å²) in [6.07, 6.45) is 3.33. The zero-order chi connectivity index (χ0) is 13.2. The van der Waals surface area contributed by atoms with E-state index in [-0.39, 0.29) is 5.91 Å². The molecule has 100 valence electrons. The number of benzene rings is 1. The molecule has 1 amide bonds. The molecule has 3 nitrogen and oxygen atoms in total. The van der Waals surface area contributed by atoms with E-state index >= 15 is 0 Å². The highest BCUT2D eigenvalue weighted by molar-refractivity contribution is 6.06. The molecule has 0 spiro atoms. The van der Waals surface area contributed by atoms with Crippen molar-refractivity contribution in [2.45, 2.75) is 26.2 Å². The van der Waals surface area contributed by atoms with Crippen molar-refractivity contribution < 1.29 is 4.79 Å². The van der Waals surface area contributed by atoms with Crippen LogP contribution in [0.1, 0.15) is 25.3 Å². The number of fused-ring (bicyclic) bond motifs is 1. The molecular formula is C16H20N2O. The molecule has 0 aromatic heterocycles. The van der Waals surface area contributed by atoms with Gasteiger partial charge in [0.15, 0.2) is 0 Å². The molecule has 1 aromatic rings. The first-order chi connectivity index (χ1) is 9.27. The largest absolute Gasteiger partial charge is 0.309 e. The lowest BCUT2D eigenvalue weighted by atomic mass is 10.0. The van der Waals surface area contributed by atoms with Crippen molar-refractivity contribution in [2.75, 3.05) is 24.5 Å². The van der Waals surface area contributed by atoms with Gasteiger partial charge in [-0.1, -0.05) is 18.2 Å². The van der Waals surface area contributed by atoms with Crippen molar-refractivity contribution in [1.82, 2.24) is 5.32 Å². The van der Waals surface area contributed by atoms with Gasteiger partial charge in [0.05, 0.1) is 0 Å². The predicted molar refractivity (Wildman–Crippen MR) is 77.3 cm³/mol. The Morgan fingerprint density at radius 3 is 2.74 bits per heavy atom. The summed E-state index contributed by atoms with van der Waals surface area (Å²) in [5.74, 6) is 0.186. The van der Waals surface area contributed by atoms with Crippen LogP contribution in [0.5, 0.6) is 0 Å². The van der Waals surface area contributed by atoms with E-state index in [0.29, 0.717) is 0 Å². The van der Waals surface area contributed by atoms with E-state index < -0.39 is 0 Å². The van der Waals surface area contributed by atoms with E-state index in [4.69, 9.17) is 0 Å². The Hall–Kier alpha value is -1.61. The minimum atomic E-state index is 0.186. The van der Waals surface area contributed by atoms with Gasteiger partial charge < -0.3 is 10.2 Å². The van der Waals surface area contributed by atoms with Crippen LogP contribution in [0.25, 0.3) is 0 Å². The number of hydrogen-bond acceptors (Lipinski definition) is 2. The molecule has 1 saturated heterocycles. The first kappa shape index (κ1) is 12.4. The molecule has 2 aliphatic heterocycles.